The average molecular weight is 300 g/mol. The summed E-state index contributed by atoms with van der Waals surface area (Å²) in [5.41, 5.74) is -0.379. The number of carbonyl (C=O) groups excluding carboxylic acids is 1. The van der Waals surface area contributed by atoms with Crippen LogP contribution >= 0.6 is 0 Å². The van der Waals surface area contributed by atoms with Crippen LogP contribution < -0.4 is 0 Å². The molecule has 0 N–H and O–H groups in total. The van der Waals surface area contributed by atoms with Gasteiger partial charge in [0.25, 0.3) is 5.78 Å². The van der Waals surface area contributed by atoms with Gasteiger partial charge >= 0.3 is 6.18 Å². The second-order valence-corrected chi connectivity index (χ2v) is 5.73. The van der Waals surface area contributed by atoms with Gasteiger partial charge in [-0.2, -0.15) is 18.3 Å². The van der Waals surface area contributed by atoms with Crippen molar-refractivity contribution in [3.8, 4) is 0 Å². The number of rotatable bonds is 4. The first-order chi connectivity index (χ1) is 9.51. The summed E-state index contributed by atoms with van der Waals surface area (Å²) >= 11 is 0. The number of hydrazone groups is 1. The van der Waals surface area contributed by atoms with E-state index in [1.165, 1.54) is 5.01 Å². The molecule has 0 heterocycles. The fourth-order valence-electron chi connectivity index (χ4n) is 1.44. The molecule has 0 saturated heterocycles. The largest absolute Gasteiger partial charge is 0.456 e. The summed E-state index contributed by atoms with van der Waals surface area (Å²) in [5.74, 6) is -1.90. The summed E-state index contributed by atoms with van der Waals surface area (Å²) < 4.78 is 38.1. The third-order valence-electron chi connectivity index (χ3n) is 2.98. The van der Waals surface area contributed by atoms with E-state index >= 15 is 0 Å². The first-order valence-electron chi connectivity index (χ1n) is 6.48. The minimum absolute atomic E-state index is 0.153. The number of Topliss-reactive ketones (excluding diaryl/α,β-unsaturated/α-hetero) is 1. The van der Waals surface area contributed by atoms with Crippen LogP contribution in [0.2, 0.25) is 0 Å². The molecule has 1 rings (SSSR count). The molecule has 1 aromatic rings. The summed E-state index contributed by atoms with van der Waals surface area (Å²) in [6.07, 6.45) is -5.08. The standard InChI is InChI=1S/C15H19F3N2O/c1-14(2,3)20(4)19-12(13(21)15(16,17)18)10-11-8-6-5-7-9-11/h5-9H,10H2,1-4H3/b19-12-. The molecular formula is C15H19F3N2O. The summed E-state index contributed by atoms with van der Waals surface area (Å²) in [7, 11) is 1.55. The second kappa shape index (κ2) is 6.28. The van der Waals surface area contributed by atoms with E-state index < -0.39 is 23.2 Å². The highest BCUT2D eigenvalue weighted by Crippen LogP contribution is 2.20. The molecule has 116 valence electrons. The van der Waals surface area contributed by atoms with Gasteiger partial charge in [0.1, 0.15) is 5.71 Å². The second-order valence-electron chi connectivity index (χ2n) is 5.73. The van der Waals surface area contributed by atoms with E-state index in [0.717, 1.165) is 0 Å². The van der Waals surface area contributed by atoms with Crippen LogP contribution in [0.1, 0.15) is 26.3 Å². The Morgan fingerprint density at radius 2 is 1.67 bits per heavy atom. The number of carbonyl (C=O) groups is 1. The van der Waals surface area contributed by atoms with Gasteiger partial charge in [0.05, 0.1) is 0 Å². The number of hydrogen-bond donors (Lipinski definition) is 0. The molecule has 0 aliphatic rings. The van der Waals surface area contributed by atoms with Gasteiger partial charge in [-0.15, -0.1) is 0 Å². The zero-order valence-corrected chi connectivity index (χ0v) is 12.5. The van der Waals surface area contributed by atoms with E-state index in [0.29, 0.717) is 5.56 Å². The molecule has 0 aliphatic carbocycles. The lowest BCUT2D eigenvalue weighted by molar-refractivity contribution is -0.163. The van der Waals surface area contributed by atoms with Crippen molar-refractivity contribution in [3.05, 3.63) is 35.9 Å². The van der Waals surface area contributed by atoms with Crippen LogP contribution in [-0.2, 0) is 11.2 Å². The van der Waals surface area contributed by atoms with Crippen LogP contribution in [0.4, 0.5) is 13.2 Å². The van der Waals surface area contributed by atoms with Crippen molar-refractivity contribution in [2.24, 2.45) is 5.10 Å². The average Bonchev–Trinajstić information content (AvgIpc) is 2.36. The highest BCUT2D eigenvalue weighted by molar-refractivity contribution is 6.42. The molecule has 3 nitrogen and oxygen atoms in total. The minimum Gasteiger partial charge on any atom is -0.294 e. The molecule has 0 fully saturated rings. The van der Waals surface area contributed by atoms with Crippen molar-refractivity contribution in [1.29, 1.82) is 0 Å². The van der Waals surface area contributed by atoms with E-state index in [9.17, 15) is 18.0 Å². The molecule has 0 bridgehead atoms. The Morgan fingerprint density at radius 3 is 2.10 bits per heavy atom. The van der Waals surface area contributed by atoms with E-state index in [1.807, 2.05) is 0 Å². The first kappa shape index (κ1) is 17.2. The molecule has 0 unspecified atom stereocenters. The zero-order chi connectivity index (χ0) is 16.3. The molecule has 0 aliphatic heterocycles. The third kappa shape index (κ3) is 5.21. The Hall–Kier alpha value is -1.85. The Balaban J connectivity index is 3.12. The third-order valence-corrected chi connectivity index (χ3v) is 2.98. The van der Waals surface area contributed by atoms with Gasteiger partial charge in [-0.25, -0.2) is 0 Å². The van der Waals surface area contributed by atoms with Gasteiger partial charge in [0.2, 0.25) is 0 Å². The summed E-state index contributed by atoms with van der Waals surface area (Å²) in [4.78, 5) is 11.5. The Morgan fingerprint density at radius 1 is 1.14 bits per heavy atom. The van der Waals surface area contributed by atoms with Gasteiger partial charge < -0.3 is 0 Å². The molecule has 0 saturated carbocycles. The highest BCUT2D eigenvalue weighted by atomic mass is 19.4. The molecule has 1 aromatic carbocycles. The van der Waals surface area contributed by atoms with Gasteiger partial charge in [-0.05, 0) is 26.3 Å². The van der Waals surface area contributed by atoms with E-state index in [2.05, 4.69) is 5.10 Å². The quantitative estimate of drug-likeness (QED) is 0.630. The van der Waals surface area contributed by atoms with Crippen LogP contribution in [0.5, 0.6) is 0 Å². The lowest BCUT2D eigenvalue weighted by atomic mass is 10.1. The SMILES string of the molecule is CN(/N=C(/Cc1ccccc1)C(=O)C(F)(F)F)C(C)(C)C. The lowest BCUT2D eigenvalue weighted by Gasteiger charge is -2.30. The number of ketones is 1. The highest BCUT2D eigenvalue weighted by Gasteiger charge is 2.42. The number of hydrogen-bond acceptors (Lipinski definition) is 3. The van der Waals surface area contributed by atoms with Crippen LogP contribution in [0, 0.1) is 0 Å². The molecule has 0 amide bonds. The van der Waals surface area contributed by atoms with E-state index in [-0.39, 0.29) is 6.42 Å². The van der Waals surface area contributed by atoms with E-state index in [4.69, 9.17) is 0 Å². The number of halogens is 3. The molecule has 6 heteroatoms. The zero-order valence-electron chi connectivity index (χ0n) is 12.5. The van der Waals surface area contributed by atoms with Crippen molar-refractivity contribution in [2.45, 2.75) is 38.9 Å². The van der Waals surface area contributed by atoms with E-state index in [1.54, 1.807) is 58.2 Å². The lowest BCUT2D eigenvalue weighted by Crippen LogP contribution is -2.39. The number of benzene rings is 1. The summed E-state index contributed by atoms with van der Waals surface area (Å²) in [5, 5.41) is 5.26. The Kier molecular flexibility index (Phi) is 5.15. The van der Waals surface area contributed by atoms with Crippen molar-refractivity contribution in [2.75, 3.05) is 7.05 Å². The monoisotopic (exact) mass is 300 g/mol. The minimum atomic E-state index is -4.92. The maximum absolute atomic E-state index is 12.7. The van der Waals surface area contributed by atoms with Crippen LogP contribution in [-0.4, -0.2) is 35.3 Å². The molecule has 0 radical (unpaired) electrons. The first-order valence-corrected chi connectivity index (χ1v) is 6.48. The van der Waals surface area contributed by atoms with Crippen LogP contribution in [0.25, 0.3) is 0 Å². The molecule has 21 heavy (non-hydrogen) atoms. The van der Waals surface area contributed by atoms with Gasteiger partial charge in [0, 0.05) is 19.0 Å². The molecular weight excluding hydrogens is 281 g/mol. The topological polar surface area (TPSA) is 32.7 Å². The fraction of sp³-hybridized carbons (Fsp3) is 0.467. The molecule has 0 atom stereocenters. The van der Waals surface area contributed by atoms with Crippen LogP contribution in [0.3, 0.4) is 0 Å². The Bertz CT molecular complexity index is 516. The summed E-state index contributed by atoms with van der Waals surface area (Å²) in [6.45, 7) is 5.40. The molecule has 0 aromatic heterocycles. The van der Waals surface area contributed by atoms with Gasteiger partial charge in [-0.3, -0.25) is 9.80 Å². The maximum atomic E-state index is 12.7. The van der Waals surface area contributed by atoms with Crippen molar-refractivity contribution in [3.63, 3.8) is 0 Å². The van der Waals surface area contributed by atoms with Gasteiger partial charge in [0.15, 0.2) is 0 Å². The summed E-state index contributed by atoms with van der Waals surface area (Å²) in [6, 6.07) is 8.50. The number of nitrogens with zero attached hydrogens (tertiary/aromatic N) is 2. The smallest absolute Gasteiger partial charge is 0.294 e. The predicted octanol–water partition coefficient (Wildman–Crippen LogP) is 3.45. The maximum Gasteiger partial charge on any atom is 0.456 e. The van der Waals surface area contributed by atoms with Crippen molar-refractivity contribution in [1.82, 2.24) is 5.01 Å². The van der Waals surface area contributed by atoms with Crippen molar-refractivity contribution >= 4 is 11.5 Å². The Labute approximate surface area is 122 Å². The van der Waals surface area contributed by atoms with Crippen LogP contribution in [0.15, 0.2) is 35.4 Å². The van der Waals surface area contributed by atoms with Gasteiger partial charge in [-0.1, -0.05) is 30.3 Å². The predicted molar refractivity (Wildman–Crippen MR) is 76.2 cm³/mol. The van der Waals surface area contributed by atoms with Crippen molar-refractivity contribution < 1.29 is 18.0 Å². The normalized spacial score (nSPS) is 13.2. The number of alkyl halides is 3. The fourth-order valence-corrected chi connectivity index (χ4v) is 1.44. The molecule has 0 spiro atoms.